The molecule has 0 aromatic carbocycles. The zero-order valence-electron chi connectivity index (χ0n) is 12.5. The highest BCUT2D eigenvalue weighted by Gasteiger charge is 2.21. The van der Waals surface area contributed by atoms with Crippen LogP contribution in [0.5, 0.6) is 0 Å². The Kier molecular flexibility index (Phi) is 6.01. The van der Waals surface area contributed by atoms with Crippen LogP contribution in [-0.4, -0.2) is 54.5 Å². The average molecular weight is 295 g/mol. The highest BCUT2D eigenvalue weighted by Crippen LogP contribution is 2.13. The summed E-state index contributed by atoms with van der Waals surface area (Å²) < 4.78 is 0. The van der Waals surface area contributed by atoms with E-state index in [1.165, 1.54) is 4.88 Å². The number of hydrogen-bond acceptors (Lipinski definition) is 4. The molecule has 0 saturated carbocycles. The van der Waals surface area contributed by atoms with Crippen LogP contribution in [0.3, 0.4) is 0 Å². The van der Waals surface area contributed by atoms with E-state index in [1.807, 2.05) is 4.90 Å². The molecule has 0 aliphatic carbocycles. The molecule has 2 rings (SSSR count). The van der Waals surface area contributed by atoms with Crippen LogP contribution in [0.2, 0.25) is 0 Å². The first kappa shape index (κ1) is 15.5. The summed E-state index contributed by atoms with van der Waals surface area (Å²) in [7, 11) is 0. The number of carbonyl (C=O) groups is 1. The predicted octanol–water partition coefficient (Wildman–Crippen LogP) is 1.78. The van der Waals surface area contributed by atoms with Crippen molar-refractivity contribution in [2.75, 3.05) is 32.7 Å². The first-order chi connectivity index (χ1) is 9.69. The van der Waals surface area contributed by atoms with Crippen LogP contribution < -0.4 is 5.32 Å². The quantitative estimate of drug-likeness (QED) is 0.869. The fraction of sp³-hybridized carbons (Fsp3) is 0.667. The number of carbonyl (C=O) groups excluding carboxylic acids is 1. The van der Waals surface area contributed by atoms with Crippen LogP contribution in [-0.2, 0) is 11.3 Å². The predicted molar refractivity (Wildman–Crippen MR) is 83.9 cm³/mol. The molecule has 1 saturated heterocycles. The number of amides is 1. The number of piperazine rings is 1. The zero-order chi connectivity index (χ0) is 14.4. The molecule has 1 fully saturated rings. The van der Waals surface area contributed by atoms with Crippen LogP contribution in [0.4, 0.5) is 0 Å². The Hall–Kier alpha value is -0.910. The lowest BCUT2D eigenvalue weighted by atomic mass is 10.2. The second-order valence-electron chi connectivity index (χ2n) is 5.43. The molecule has 0 bridgehead atoms. The fourth-order valence-corrected chi connectivity index (χ4v) is 3.04. The standard InChI is InChI=1S/C15H25N3OS/c1-3-13(2)16-11-15(19)18-8-6-17(7-9-18)12-14-5-4-10-20-14/h4-5,10,13,16H,3,6-9,11-12H2,1-2H3. The summed E-state index contributed by atoms with van der Waals surface area (Å²) in [6.45, 7) is 9.40. The molecule has 1 aromatic rings. The van der Waals surface area contributed by atoms with Gasteiger partial charge in [0.05, 0.1) is 6.54 Å². The number of rotatable bonds is 6. The number of nitrogens with zero attached hydrogens (tertiary/aromatic N) is 2. The van der Waals surface area contributed by atoms with Gasteiger partial charge < -0.3 is 10.2 Å². The zero-order valence-corrected chi connectivity index (χ0v) is 13.3. The van der Waals surface area contributed by atoms with Crippen LogP contribution in [0.15, 0.2) is 17.5 Å². The van der Waals surface area contributed by atoms with Gasteiger partial charge in [-0.1, -0.05) is 13.0 Å². The molecule has 0 spiro atoms. The lowest BCUT2D eigenvalue weighted by Gasteiger charge is -2.34. The third-order valence-corrected chi connectivity index (χ3v) is 4.76. The molecule has 2 heterocycles. The van der Waals surface area contributed by atoms with Gasteiger partial charge in [0.15, 0.2) is 0 Å². The summed E-state index contributed by atoms with van der Waals surface area (Å²) in [5.41, 5.74) is 0. The third-order valence-electron chi connectivity index (χ3n) is 3.90. The molecule has 4 nitrogen and oxygen atoms in total. The highest BCUT2D eigenvalue weighted by atomic mass is 32.1. The van der Waals surface area contributed by atoms with Crippen LogP contribution >= 0.6 is 11.3 Å². The first-order valence-corrected chi connectivity index (χ1v) is 8.33. The van der Waals surface area contributed by atoms with E-state index in [-0.39, 0.29) is 5.91 Å². The van der Waals surface area contributed by atoms with E-state index in [1.54, 1.807) is 11.3 Å². The normalized spacial score (nSPS) is 18.2. The van der Waals surface area contributed by atoms with Gasteiger partial charge in [0.2, 0.25) is 5.91 Å². The monoisotopic (exact) mass is 295 g/mol. The molecule has 1 unspecified atom stereocenters. The molecule has 20 heavy (non-hydrogen) atoms. The Morgan fingerprint density at radius 1 is 1.40 bits per heavy atom. The number of hydrogen-bond donors (Lipinski definition) is 1. The second-order valence-corrected chi connectivity index (χ2v) is 6.46. The van der Waals surface area contributed by atoms with E-state index in [0.717, 1.165) is 39.1 Å². The molecule has 1 N–H and O–H groups in total. The van der Waals surface area contributed by atoms with E-state index >= 15 is 0 Å². The van der Waals surface area contributed by atoms with Crippen molar-refractivity contribution in [2.24, 2.45) is 0 Å². The van der Waals surface area contributed by atoms with Gasteiger partial charge in [-0.2, -0.15) is 0 Å². The second kappa shape index (κ2) is 7.76. The minimum Gasteiger partial charge on any atom is -0.339 e. The molecule has 0 radical (unpaired) electrons. The largest absolute Gasteiger partial charge is 0.339 e. The summed E-state index contributed by atoms with van der Waals surface area (Å²) in [6, 6.07) is 4.69. The van der Waals surface area contributed by atoms with E-state index < -0.39 is 0 Å². The van der Waals surface area contributed by atoms with Crippen molar-refractivity contribution in [2.45, 2.75) is 32.9 Å². The molecule has 1 amide bonds. The van der Waals surface area contributed by atoms with Crippen LogP contribution in [0.25, 0.3) is 0 Å². The van der Waals surface area contributed by atoms with Crippen LogP contribution in [0.1, 0.15) is 25.1 Å². The molecule has 1 aromatic heterocycles. The van der Waals surface area contributed by atoms with E-state index in [0.29, 0.717) is 12.6 Å². The van der Waals surface area contributed by atoms with Crippen molar-refractivity contribution in [3.8, 4) is 0 Å². The number of thiophene rings is 1. The maximum atomic E-state index is 12.1. The van der Waals surface area contributed by atoms with E-state index in [9.17, 15) is 4.79 Å². The molecule has 1 atom stereocenters. The van der Waals surface area contributed by atoms with Crippen molar-refractivity contribution in [1.82, 2.24) is 15.1 Å². The summed E-state index contributed by atoms with van der Waals surface area (Å²) >= 11 is 1.81. The van der Waals surface area contributed by atoms with Crippen LogP contribution in [0, 0.1) is 0 Å². The fourth-order valence-electron chi connectivity index (χ4n) is 2.30. The maximum absolute atomic E-state index is 12.1. The molecule has 1 aliphatic rings. The molecule has 112 valence electrons. The van der Waals surface area contributed by atoms with Crippen molar-refractivity contribution in [1.29, 1.82) is 0 Å². The summed E-state index contributed by atoms with van der Waals surface area (Å²) in [4.78, 5) is 17.9. The average Bonchev–Trinajstić information content (AvgIpc) is 2.98. The van der Waals surface area contributed by atoms with Crippen molar-refractivity contribution in [3.05, 3.63) is 22.4 Å². The third kappa shape index (κ3) is 4.58. The summed E-state index contributed by atoms with van der Waals surface area (Å²) in [6.07, 6.45) is 1.06. The van der Waals surface area contributed by atoms with Gasteiger partial charge in [0, 0.05) is 43.6 Å². The minimum absolute atomic E-state index is 0.237. The Balaban J connectivity index is 1.69. The Labute approximate surface area is 125 Å². The van der Waals surface area contributed by atoms with Crippen molar-refractivity contribution in [3.63, 3.8) is 0 Å². The van der Waals surface area contributed by atoms with Crippen molar-refractivity contribution < 1.29 is 4.79 Å². The van der Waals surface area contributed by atoms with Gasteiger partial charge in [0.25, 0.3) is 0 Å². The molecular weight excluding hydrogens is 270 g/mol. The first-order valence-electron chi connectivity index (χ1n) is 7.45. The Bertz CT molecular complexity index is 399. The van der Waals surface area contributed by atoms with Gasteiger partial charge in [0.1, 0.15) is 0 Å². The molecule has 5 heteroatoms. The van der Waals surface area contributed by atoms with Gasteiger partial charge in [-0.15, -0.1) is 11.3 Å². The summed E-state index contributed by atoms with van der Waals surface area (Å²) in [5.74, 6) is 0.237. The van der Waals surface area contributed by atoms with Gasteiger partial charge in [-0.05, 0) is 24.8 Å². The maximum Gasteiger partial charge on any atom is 0.236 e. The lowest BCUT2D eigenvalue weighted by molar-refractivity contribution is -0.132. The Morgan fingerprint density at radius 3 is 2.75 bits per heavy atom. The molecular formula is C15H25N3OS. The minimum atomic E-state index is 0.237. The SMILES string of the molecule is CCC(C)NCC(=O)N1CCN(Cc2cccs2)CC1. The molecule has 1 aliphatic heterocycles. The van der Waals surface area contributed by atoms with Gasteiger partial charge in [-0.25, -0.2) is 0 Å². The van der Waals surface area contributed by atoms with Crippen molar-refractivity contribution >= 4 is 17.2 Å². The van der Waals surface area contributed by atoms with Gasteiger partial charge >= 0.3 is 0 Å². The van der Waals surface area contributed by atoms with E-state index in [4.69, 9.17) is 0 Å². The highest BCUT2D eigenvalue weighted by molar-refractivity contribution is 7.09. The van der Waals surface area contributed by atoms with E-state index in [2.05, 4.69) is 41.6 Å². The van der Waals surface area contributed by atoms with Gasteiger partial charge in [-0.3, -0.25) is 9.69 Å². The lowest BCUT2D eigenvalue weighted by Crippen LogP contribution is -2.50. The smallest absolute Gasteiger partial charge is 0.236 e. The number of nitrogens with one attached hydrogen (secondary N) is 1. The summed E-state index contributed by atoms with van der Waals surface area (Å²) in [5, 5.41) is 5.39. The topological polar surface area (TPSA) is 35.6 Å². The Morgan fingerprint density at radius 2 is 2.15 bits per heavy atom.